The summed E-state index contributed by atoms with van der Waals surface area (Å²) in [7, 11) is 1.49. The number of rotatable bonds is 1. The summed E-state index contributed by atoms with van der Waals surface area (Å²) in [5, 5.41) is 2.40. The van der Waals surface area contributed by atoms with E-state index in [2.05, 4.69) is 10.3 Å². The van der Waals surface area contributed by atoms with Crippen molar-refractivity contribution in [3.05, 3.63) is 33.7 Å². The second-order valence-electron chi connectivity index (χ2n) is 2.44. The van der Waals surface area contributed by atoms with Crippen LogP contribution in [0.25, 0.3) is 0 Å². The second kappa shape index (κ2) is 3.21. The standard InChI is InChI=1S/C8H10N2O2/c1-5-3-4-10-8(12)6(5)7(11)9-2/h3-4H,1-2H3,(H,9,11)(H,10,12). The van der Waals surface area contributed by atoms with Crippen molar-refractivity contribution in [1.29, 1.82) is 0 Å². The van der Waals surface area contributed by atoms with Crippen LogP contribution in [-0.4, -0.2) is 17.9 Å². The zero-order valence-electron chi connectivity index (χ0n) is 6.97. The summed E-state index contributed by atoms with van der Waals surface area (Å²) in [5.74, 6) is -0.352. The van der Waals surface area contributed by atoms with Crippen LogP contribution in [0.4, 0.5) is 0 Å². The van der Waals surface area contributed by atoms with Gasteiger partial charge in [0.1, 0.15) is 5.56 Å². The van der Waals surface area contributed by atoms with E-state index in [1.54, 1.807) is 13.0 Å². The largest absolute Gasteiger partial charge is 0.355 e. The molecule has 12 heavy (non-hydrogen) atoms. The van der Waals surface area contributed by atoms with Crippen LogP contribution in [0.5, 0.6) is 0 Å². The van der Waals surface area contributed by atoms with Gasteiger partial charge in [0.2, 0.25) is 0 Å². The Morgan fingerprint density at radius 3 is 2.75 bits per heavy atom. The molecular formula is C8H10N2O2. The molecule has 0 atom stereocenters. The molecule has 0 saturated carbocycles. The predicted molar refractivity (Wildman–Crippen MR) is 45.2 cm³/mol. The first-order valence-electron chi connectivity index (χ1n) is 3.57. The van der Waals surface area contributed by atoms with Gasteiger partial charge in [-0.15, -0.1) is 0 Å². The van der Waals surface area contributed by atoms with E-state index in [1.807, 2.05) is 0 Å². The van der Waals surface area contributed by atoms with Gasteiger partial charge in [0.15, 0.2) is 0 Å². The van der Waals surface area contributed by atoms with E-state index in [4.69, 9.17) is 0 Å². The zero-order valence-corrected chi connectivity index (χ0v) is 6.97. The third kappa shape index (κ3) is 1.37. The number of hydrogen-bond donors (Lipinski definition) is 2. The highest BCUT2D eigenvalue weighted by atomic mass is 16.2. The quantitative estimate of drug-likeness (QED) is 0.619. The van der Waals surface area contributed by atoms with Gasteiger partial charge in [-0.05, 0) is 18.6 Å². The SMILES string of the molecule is CNC(=O)c1c(C)cc[nH]c1=O. The average Bonchev–Trinajstić information content (AvgIpc) is 2.03. The van der Waals surface area contributed by atoms with E-state index < -0.39 is 0 Å². The molecule has 0 unspecified atom stereocenters. The maximum Gasteiger partial charge on any atom is 0.261 e. The van der Waals surface area contributed by atoms with Gasteiger partial charge in [-0.3, -0.25) is 9.59 Å². The third-order valence-corrected chi connectivity index (χ3v) is 1.62. The maximum atomic E-state index is 11.1. The molecule has 0 radical (unpaired) electrons. The molecule has 0 aliphatic heterocycles. The number of nitrogens with one attached hydrogen (secondary N) is 2. The van der Waals surface area contributed by atoms with E-state index in [9.17, 15) is 9.59 Å². The maximum absolute atomic E-state index is 11.1. The molecule has 0 spiro atoms. The van der Waals surface area contributed by atoms with Gasteiger partial charge in [-0.1, -0.05) is 0 Å². The fourth-order valence-electron chi connectivity index (χ4n) is 0.984. The van der Waals surface area contributed by atoms with E-state index in [0.717, 1.165) is 0 Å². The first-order chi connectivity index (χ1) is 5.66. The lowest BCUT2D eigenvalue weighted by atomic mass is 10.1. The molecule has 1 aromatic heterocycles. The third-order valence-electron chi connectivity index (χ3n) is 1.62. The number of H-pyrrole nitrogens is 1. The average molecular weight is 166 g/mol. The number of hydrogen-bond acceptors (Lipinski definition) is 2. The number of aryl methyl sites for hydroxylation is 1. The summed E-state index contributed by atoms with van der Waals surface area (Å²) in [6, 6.07) is 1.69. The van der Waals surface area contributed by atoms with Crippen molar-refractivity contribution in [2.24, 2.45) is 0 Å². The minimum Gasteiger partial charge on any atom is -0.355 e. The first kappa shape index (κ1) is 8.52. The van der Waals surface area contributed by atoms with Crippen LogP contribution >= 0.6 is 0 Å². The summed E-state index contributed by atoms with van der Waals surface area (Å²) >= 11 is 0. The molecule has 4 heteroatoms. The van der Waals surface area contributed by atoms with Crippen molar-refractivity contribution in [2.75, 3.05) is 7.05 Å². The highest BCUT2D eigenvalue weighted by molar-refractivity contribution is 5.94. The molecule has 0 bridgehead atoms. The van der Waals surface area contributed by atoms with Crippen molar-refractivity contribution in [2.45, 2.75) is 6.92 Å². The molecular weight excluding hydrogens is 156 g/mol. The van der Waals surface area contributed by atoms with Crippen LogP contribution in [0, 0.1) is 6.92 Å². The molecule has 4 nitrogen and oxygen atoms in total. The Kier molecular flexibility index (Phi) is 2.28. The van der Waals surface area contributed by atoms with Crippen LogP contribution in [0.3, 0.4) is 0 Å². The smallest absolute Gasteiger partial charge is 0.261 e. The van der Waals surface area contributed by atoms with Gasteiger partial charge in [0, 0.05) is 13.2 Å². The first-order valence-corrected chi connectivity index (χ1v) is 3.57. The van der Waals surface area contributed by atoms with Crippen LogP contribution in [-0.2, 0) is 0 Å². The Balaban J connectivity index is 3.31. The monoisotopic (exact) mass is 166 g/mol. The minimum absolute atomic E-state index is 0.181. The molecule has 0 fully saturated rings. The van der Waals surface area contributed by atoms with Crippen LogP contribution < -0.4 is 10.9 Å². The number of aromatic amines is 1. The summed E-state index contributed by atoms with van der Waals surface area (Å²) in [6.45, 7) is 1.72. The van der Waals surface area contributed by atoms with Gasteiger partial charge < -0.3 is 10.3 Å². The van der Waals surface area contributed by atoms with E-state index >= 15 is 0 Å². The van der Waals surface area contributed by atoms with Gasteiger partial charge in [0.25, 0.3) is 11.5 Å². The fourth-order valence-corrected chi connectivity index (χ4v) is 0.984. The molecule has 2 N–H and O–H groups in total. The number of aromatic nitrogens is 1. The van der Waals surface area contributed by atoms with Crippen molar-refractivity contribution >= 4 is 5.91 Å². The predicted octanol–water partition coefficient (Wildman–Crippen LogP) is 0.0429. The molecule has 1 amide bonds. The van der Waals surface area contributed by atoms with Crippen LogP contribution in [0.15, 0.2) is 17.1 Å². The topological polar surface area (TPSA) is 62.0 Å². The van der Waals surface area contributed by atoms with Crippen LogP contribution in [0.1, 0.15) is 15.9 Å². The second-order valence-corrected chi connectivity index (χ2v) is 2.44. The Morgan fingerprint density at radius 2 is 2.25 bits per heavy atom. The molecule has 0 aliphatic rings. The lowest BCUT2D eigenvalue weighted by molar-refractivity contribution is 0.0961. The summed E-state index contributed by atoms with van der Waals surface area (Å²) in [5.41, 5.74) is 0.507. The van der Waals surface area contributed by atoms with E-state index in [0.29, 0.717) is 5.56 Å². The molecule has 1 aromatic rings. The molecule has 64 valence electrons. The van der Waals surface area contributed by atoms with Gasteiger partial charge in [0.05, 0.1) is 0 Å². The lowest BCUT2D eigenvalue weighted by Crippen LogP contribution is -2.27. The highest BCUT2D eigenvalue weighted by Crippen LogP contribution is 1.98. The Bertz CT molecular complexity index is 354. The number of carbonyl (C=O) groups excluding carboxylic acids is 1. The molecule has 0 aromatic carbocycles. The number of carbonyl (C=O) groups is 1. The number of pyridine rings is 1. The highest BCUT2D eigenvalue weighted by Gasteiger charge is 2.10. The van der Waals surface area contributed by atoms with Crippen molar-refractivity contribution in [1.82, 2.24) is 10.3 Å². The van der Waals surface area contributed by atoms with Crippen molar-refractivity contribution in [3.8, 4) is 0 Å². The summed E-state index contributed by atoms with van der Waals surface area (Å²) in [6.07, 6.45) is 1.52. The van der Waals surface area contributed by atoms with Crippen molar-refractivity contribution < 1.29 is 4.79 Å². The molecule has 1 heterocycles. The van der Waals surface area contributed by atoms with E-state index in [-0.39, 0.29) is 17.0 Å². The lowest BCUT2D eigenvalue weighted by Gasteiger charge is -2.00. The zero-order chi connectivity index (χ0) is 9.14. The number of amides is 1. The summed E-state index contributed by atoms with van der Waals surface area (Å²) < 4.78 is 0. The van der Waals surface area contributed by atoms with Gasteiger partial charge >= 0.3 is 0 Å². The van der Waals surface area contributed by atoms with E-state index in [1.165, 1.54) is 13.2 Å². The molecule has 0 saturated heterocycles. The Hall–Kier alpha value is -1.58. The Morgan fingerprint density at radius 1 is 1.58 bits per heavy atom. The van der Waals surface area contributed by atoms with Crippen molar-refractivity contribution in [3.63, 3.8) is 0 Å². The minimum atomic E-state index is -0.352. The normalized spacial score (nSPS) is 9.50. The van der Waals surface area contributed by atoms with Gasteiger partial charge in [-0.25, -0.2) is 0 Å². The fraction of sp³-hybridized carbons (Fsp3) is 0.250. The van der Waals surface area contributed by atoms with Gasteiger partial charge in [-0.2, -0.15) is 0 Å². The summed E-state index contributed by atoms with van der Waals surface area (Å²) in [4.78, 5) is 24.7. The molecule has 0 aliphatic carbocycles. The Labute approximate surface area is 69.6 Å². The van der Waals surface area contributed by atoms with Crippen LogP contribution in [0.2, 0.25) is 0 Å². The molecule has 1 rings (SSSR count).